The van der Waals surface area contributed by atoms with Crippen molar-refractivity contribution in [2.75, 3.05) is 0 Å². The van der Waals surface area contributed by atoms with Crippen LogP contribution in [0.3, 0.4) is 0 Å². The van der Waals surface area contributed by atoms with Gasteiger partial charge >= 0.3 is 5.97 Å². The maximum Gasteiger partial charge on any atom is 0.335 e. The van der Waals surface area contributed by atoms with Gasteiger partial charge in [-0.1, -0.05) is 36.4 Å². The average Bonchev–Trinajstić information content (AvgIpc) is 2.68. The monoisotopic (exact) mass is 393 g/mol. The molecule has 5 atom stereocenters. The van der Waals surface area contributed by atoms with Gasteiger partial charge < -0.3 is 36.0 Å². The van der Waals surface area contributed by atoms with Crippen LogP contribution < -0.4 is 5.73 Å². The van der Waals surface area contributed by atoms with Crippen LogP contribution in [0.4, 0.5) is 0 Å². The van der Waals surface area contributed by atoms with Gasteiger partial charge in [0, 0.05) is 5.56 Å². The summed E-state index contributed by atoms with van der Waals surface area (Å²) < 4.78 is 4.34. The smallest absolute Gasteiger partial charge is 0.335 e. The number of aldehydes is 1. The van der Waals surface area contributed by atoms with Crippen LogP contribution in [0.15, 0.2) is 36.4 Å². The number of carboxylic acids is 1. The van der Waals surface area contributed by atoms with Crippen molar-refractivity contribution < 1.29 is 44.7 Å². The zero-order valence-electron chi connectivity index (χ0n) is 14.4. The maximum atomic E-state index is 11.3. The van der Waals surface area contributed by atoms with E-state index in [1.54, 1.807) is 18.2 Å². The third-order valence-corrected chi connectivity index (χ3v) is 4.17. The number of ether oxygens (including phenoxy) is 1. The van der Waals surface area contributed by atoms with Crippen molar-refractivity contribution in [1.82, 2.24) is 0 Å². The Morgan fingerprint density at radius 2 is 1.61 bits per heavy atom. The third kappa shape index (κ3) is 4.32. The van der Waals surface area contributed by atoms with Gasteiger partial charge in [0.2, 0.25) is 5.91 Å². The highest BCUT2D eigenvalue weighted by molar-refractivity contribution is 6.11. The molecule has 1 fully saturated rings. The predicted octanol–water partition coefficient (Wildman–Crippen LogP) is -1.38. The summed E-state index contributed by atoms with van der Waals surface area (Å²) in [5, 5.41) is 46.0. The zero-order chi connectivity index (χ0) is 21.0. The number of aliphatic carboxylic acids is 1. The molecule has 7 N–H and O–H groups in total. The van der Waals surface area contributed by atoms with Gasteiger partial charge in [0.1, 0.15) is 18.3 Å². The molecule has 1 unspecified atom stereocenters. The van der Waals surface area contributed by atoms with Crippen LogP contribution >= 0.6 is 0 Å². The number of rotatable bonds is 3. The predicted molar refractivity (Wildman–Crippen MR) is 94.4 cm³/mol. The van der Waals surface area contributed by atoms with Gasteiger partial charge in [-0.15, -0.1) is 0 Å². The molecule has 1 amide bonds. The number of primary amides is 1. The first-order chi connectivity index (χ1) is 13.2. The molecule has 0 spiro atoms. The van der Waals surface area contributed by atoms with Crippen LogP contribution in [0, 0.1) is 0 Å². The number of carboxylic acid groups (broad SMARTS) is 1. The van der Waals surface area contributed by atoms with Gasteiger partial charge in [0.25, 0.3) is 0 Å². The molecule has 150 valence electrons. The fourth-order valence-electron chi connectivity index (χ4n) is 2.73. The topological polar surface area (TPSA) is 188 Å². The molecule has 1 aliphatic rings. The number of benzene rings is 2. The van der Waals surface area contributed by atoms with Crippen molar-refractivity contribution in [3.05, 3.63) is 47.5 Å². The van der Waals surface area contributed by atoms with E-state index in [2.05, 4.69) is 4.74 Å². The number of fused-ring (bicyclic) bond motifs is 1. The number of aliphatic hydroxyl groups is 4. The summed E-state index contributed by atoms with van der Waals surface area (Å²) in [5.74, 6) is -2.09. The highest BCUT2D eigenvalue weighted by Gasteiger charge is 2.46. The van der Waals surface area contributed by atoms with E-state index in [0.717, 1.165) is 10.8 Å². The quantitative estimate of drug-likeness (QED) is 0.342. The Balaban J connectivity index is 0.000000203. The van der Waals surface area contributed by atoms with E-state index in [9.17, 15) is 14.4 Å². The molecule has 0 radical (unpaired) electrons. The summed E-state index contributed by atoms with van der Waals surface area (Å²) in [6, 6.07) is 10.7. The zero-order valence-corrected chi connectivity index (χ0v) is 14.4. The van der Waals surface area contributed by atoms with Crippen LogP contribution in [0.2, 0.25) is 0 Å². The molecule has 3 rings (SSSR count). The highest BCUT2D eigenvalue weighted by Crippen LogP contribution is 2.21. The molecule has 2 aromatic carbocycles. The second-order valence-corrected chi connectivity index (χ2v) is 5.99. The van der Waals surface area contributed by atoms with Gasteiger partial charge in [-0.3, -0.25) is 9.59 Å². The van der Waals surface area contributed by atoms with E-state index in [0.29, 0.717) is 17.4 Å². The molecule has 1 saturated heterocycles. The number of carbonyl (C=O) groups is 3. The lowest BCUT2D eigenvalue weighted by Crippen LogP contribution is -2.59. The molecule has 10 heteroatoms. The van der Waals surface area contributed by atoms with Gasteiger partial charge in [-0.2, -0.15) is 0 Å². The standard InChI is InChI=1S/C12H9NO2.C6H10O7/c13-12(15)11-9(7-14)6-5-8-3-1-2-4-10(8)11;7-1-2(8)4(5(10)11)13-6(12)3(1)9/h1-7H,(H2,13,15);1-4,6-9,12H,(H,10,11)/t;1-,2-,3+,4-,6?/m.0/s1. The minimum Gasteiger partial charge on any atom is -0.479 e. The van der Waals surface area contributed by atoms with Gasteiger partial charge in [0.15, 0.2) is 18.7 Å². The summed E-state index contributed by atoms with van der Waals surface area (Å²) in [4.78, 5) is 32.4. The van der Waals surface area contributed by atoms with E-state index in [4.69, 9.17) is 31.3 Å². The first kappa shape index (κ1) is 21.4. The molecule has 0 bridgehead atoms. The largest absolute Gasteiger partial charge is 0.479 e. The molecule has 0 saturated carbocycles. The molecular weight excluding hydrogens is 374 g/mol. The van der Waals surface area contributed by atoms with Crippen molar-refractivity contribution in [3.8, 4) is 0 Å². The van der Waals surface area contributed by atoms with E-state index in [-0.39, 0.29) is 0 Å². The van der Waals surface area contributed by atoms with Crippen LogP contribution in [0.25, 0.3) is 10.8 Å². The molecular formula is C18H19NO9. The van der Waals surface area contributed by atoms with E-state index in [1.807, 2.05) is 18.2 Å². The number of amides is 1. The van der Waals surface area contributed by atoms with Gasteiger partial charge in [0.05, 0.1) is 5.56 Å². The number of nitrogens with two attached hydrogens (primary N) is 1. The molecule has 1 heterocycles. The van der Waals surface area contributed by atoms with Gasteiger partial charge in [-0.25, -0.2) is 4.79 Å². The van der Waals surface area contributed by atoms with Crippen molar-refractivity contribution in [2.24, 2.45) is 5.73 Å². The lowest BCUT2D eigenvalue weighted by atomic mass is 9.99. The number of aliphatic hydroxyl groups excluding tert-OH is 4. The van der Waals surface area contributed by atoms with Crippen molar-refractivity contribution >= 4 is 28.9 Å². The lowest BCUT2D eigenvalue weighted by molar-refractivity contribution is -0.279. The summed E-state index contributed by atoms with van der Waals surface area (Å²) in [6.07, 6.45) is -8.08. The van der Waals surface area contributed by atoms with E-state index in [1.165, 1.54) is 0 Å². The first-order valence-electron chi connectivity index (χ1n) is 8.06. The molecule has 0 aromatic heterocycles. The molecule has 10 nitrogen and oxygen atoms in total. The van der Waals surface area contributed by atoms with E-state index >= 15 is 0 Å². The lowest BCUT2D eigenvalue weighted by Gasteiger charge is -2.36. The fourth-order valence-corrected chi connectivity index (χ4v) is 2.73. The van der Waals surface area contributed by atoms with E-state index < -0.39 is 42.6 Å². The Morgan fingerprint density at radius 1 is 0.964 bits per heavy atom. The second kappa shape index (κ2) is 8.87. The number of carbonyl (C=O) groups excluding carboxylic acids is 2. The third-order valence-electron chi connectivity index (χ3n) is 4.17. The minimum absolute atomic E-state index is 0.295. The Morgan fingerprint density at radius 3 is 2.18 bits per heavy atom. The molecule has 0 aliphatic carbocycles. The first-order valence-corrected chi connectivity index (χ1v) is 8.06. The Kier molecular flexibility index (Phi) is 6.78. The van der Waals surface area contributed by atoms with Crippen molar-refractivity contribution in [2.45, 2.75) is 30.7 Å². The highest BCUT2D eigenvalue weighted by atomic mass is 16.6. The van der Waals surface area contributed by atoms with Crippen molar-refractivity contribution in [1.29, 1.82) is 0 Å². The number of hydrogen-bond donors (Lipinski definition) is 6. The van der Waals surface area contributed by atoms with Crippen LogP contribution in [0.5, 0.6) is 0 Å². The van der Waals surface area contributed by atoms with Crippen molar-refractivity contribution in [3.63, 3.8) is 0 Å². The minimum atomic E-state index is -1.81. The fraction of sp³-hybridized carbons (Fsp3) is 0.278. The van der Waals surface area contributed by atoms with Crippen LogP contribution in [0.1, 0.15) is 20.7 Å². The molecule has 2 aromatic rings. The molecule has 1 aliphatic heterocycles. The summed E-state index contributed by atoms with van der Waals surface area (Å²) in [6.45, 7) is 0. The Hall–Kier alpha value is -2.89. The Bertz CT molecular complexity index is 884. The number of hydrogen-bond acceptors (Lipinski definition) is 8. The second-order valence-electron chi connectivity index (χ2n) is 5.99. The Labute approximate surface area is 158 Å². The normalized spacial score (nSPS) is 26.8. The summed E-state index contributed by atoms with van der Waals surface area (Å²) in [7, 11) is 0. The maximum absolute atomic E-state index is 11.3. The van der Waals surface area contributed by atoms with Crippen LogP contribution in [-0.2, 0) is 9.53 Å². The summed E-state index contributed by atoms with van der Waals surface area (Å²) in [5.41, 5.74) is 5.89. The SMILES string of the molecule is NC(=O)c1c(C=O)ccc2ccccc12.O=C(O)[C@H]1OC(O)[C@H](O)[C@@H](O)[C@@H]1O. The van der Waals surface area contributed by atoms with Crippen LogP contribution in [-0.4, -0.2) is 74.4 Å². The molecule has 28 heavy (non-hydrogen) atoms. The summed E-state index contributed by atoms with van der Waals surface area (Å²) >= 11 is 0. The van der Waals surface area contributed by atoms with Gasteiger partial charge in [-0.05, 0) is 10.8 Å². The average molecular weight is 393 g/mol.